The van der Waals surface area contributed by atoms with E-state index in [1.54, 1.807) is 12.1 Å². The van der Waals surface area contributed by atoms with Gasteiger partial charge in [-0.1, -0.05) is 24.3 Å². The number of para-hydroxylation sites is 1. The van der Waals surface area contributed by atoms with Crippen LogP contribution in [-0.4, -0.2) is 24.2 Å². The first-order chi connectivity index (χ1) is 10.6. The second-order valence-corrected chi connectivity index (χ2v) is 6.37. The van der Waals surface area contributed by atoms with E-state index in [0.717, 1.165) is 10.9 Å². The molecule has 0 saturated heterocycles. The van der Waals surface area contributed by atoms with E-state index in [-0.39, 0.29) is 10.7 Å². The van der Waals surface area contributed by atoms with Crippen LogP contribution >= 0.6 is 0 Å². The molecule has 0 saturated carbocycles. The van der Waals surface area contributed by atoms with Gasteiger partial charge in [0.15, 0.2) is 5.84 Å². The SMILES string of the molecule is O=S1(=O)N=C(c2ccc3ccccc3n2)Nc2ccncc21. The van der Waals surface area contributed by atoms with Crippen LogP contribution in [0.5, 0.6) is 0 Å². The standard InChI is InChI=1S/C15H10N4O2S/c20-22(21)14-9-16-8-7-12(14)18-15(19-22)13-6-5-10-3-1-2-4-11(10)17-13/h1-9H,(H,18,19). The number of anilines is 1. The highest BCUT2D eigenvalue weighted by Crippen LogP contribution is 2.27. The summed E-state index contributed by atoms with van der Waals surface area (Å²) in [5.74, 6) is 0.212. The first kappa shape index (κ1) is 12.9. The summed E-state index contributed by atoms with van der Waals surface area (Å²) in [6.07, 6.45) is 2.81. The van der Waals surface area contributed by atoms with Crippen LogP contribution in [0.25, 0.3) is 10.9 Å². The van der Waals surface area contributed by atoms with Crippen LogP contribution in [0.2, 0.25) is 0 Å². The molecule has 7 heteroatoms. The molecule has 0 bridgehead atoms. The highest BCUT2D eigenvalue weighted by Gasteiger charge is 2.26. The summed E-state index contributed by atoms with van der Waals surface area (Å²) in [4.78, 5) is 8.36. The molecule has 0 radical (unpaired) electrons. The number of rotatable bonds is 1. The van der Waals surface area contributed by atoms with Gasteiger partial charge in [0, 0.05) is 17.8 Å². The summed E-state index contributed by atoms with van der Waals surface area (Å²) in [5, 5.41) is 3.98. The maximum absolute atomic E-state index is 12.2. The Morgan fingerprint density at radius 2 is 1.86 bits per heavy atom. The van der Waals surface area contributed by atoms with E-state index in [1.807, 2.05) is 30.3 Å². The summed E-state index contributed by atoms with van der Waals surface area (Å²) in [6.45, 7) is 0. The van der Waals surface area contributed by atoms with Crippen LogP contribution in [0.3, 0.4) is 0 Å². The summed E-state index contributed by atoms with van der Waals surface area (Å²) in [7, 11) is -3.77. The molecule has 0 fully saturated rings. The van der Waals surface area contributed by atoms with Crippen molar-refractivity contribution in [3.63, 3.8) is 0 Å². The molecule has 3 heterocycles. The number of pyridine rings is 2. The van der Waals surface area contributed by atoms with Crippen molar-refractivity contribution < 1.29 is 8.42 Å². The van der Waals surface area contributed by atoms with Crippen LogP contribution in [0.4, 0.5) is 5.69 Å². The van der Waals surface area contributed by atoms with Gasteiger partial charge in [-0.3, -0.25) is 4.98 Å². The molecule has 0 unspecified atom stereocenters. The highest BCUT2D eigenvalue weighted by molar-refractivity contribution is 7.90. The van der Waals surface area contributed by atoms with E-state index in [9.17, 15) is 8.42 Å². The summed E-state index contributed by atoms with van der Waals surface area (Å²) >= 11 is 0. The Hall–Kier alpha value is -2.80. The molecule has 1 aliphatic heterocycles. The topological polar surface area (TPSA) is 84.3 Å². The fourth-order valence-electron chi connectivity index (χ4n) is 2.32. The Balaban J connectivity index is 1.88. The maximum Gasteiger partial charge on any atom is 0.287 e. The van der Waals surface area contributed by atoms with Crippen molar-refractivity contribution in [3.05, 3.63) is 60.6 Å². The van der Waals surface area contributed by atoms with Gasteiger partial charge < -0.3 is 5.32 Å². The lowest BCUT2D eigenvalue weighted by molar-refractivity contribution is 0.597. The Kier molecular flexibility index (Phi) is 2.70. The highest BCUT2D eigenvalue weighted by atomic mass is 32.2. The molecule has 6 nitrogen and oxygen atoms in total. The first-order valence-electron chi connectivity index (χ1n) is 6.56. The molecule has 0 aliphatic carbocycles. The van der Waals surface area contributed by atoms with Gasteiger partial charge in [-0.05, 0) is 18.2 Å². The summed E-state index contributed by atoms with van der Waals surface area (Å²) in [5.41, 5.74) is 1.71. The third-order valence-electron chi connectivity index (χ3n) is 3.37. The Morgan fingerprint density at radius 1 is 1.00 bits per heavy atom. The van der Waals surface area contributed by atoms with E-state index >= 15 is 0 Å². The van der Waals surface area contributed by atoms with Crippen molar-refractivity contribution in [2.45, 2.75) is 4.90 Å². The van der Waals surface area contributed by atoms with Crippen molar-refractivity contribution in [1.29, 1.82) is 0 Å². The van der Waals surface area contributed by atoms with Crippen molar-refractivity contribution in [3.8, 4) is 0 Å². The van der Waals surface area contributed by atoms with E-state index in [4.69, 9.17) is 0 Å². The van der Waals surface area contributed by atoms with Crippen LogP contribution in [0.15, 0.2) is 64.2 Å². The number of hydrogen-bond donors (Lipinski definition) is 1. The Bertz CT molecular complexity index is 1030. The van der Waals surface area contributed by atoms with Gasteiger partial charge in [0.2, 0.25) is 0 Å². The van der Waals surface area contributed by atoms with Crippen molar-refractivity contribution in [2.75, 3.05) is 5.32 Å². The number of benzene rings is 1. The zero-order valence-electron chi connectivity index (χ0n) is 11.3. The molecule has 1 aromatic carbocycles. The lowest BCUT2D eigenvalue weighted by Crippen LogP contribution is -2.23. The lowest BCUT2D eigenvalue weighted by Gasteiger charge is -2.17. The monoisotopic (exact) mass is 310 g/mol. The normalized spacial score (nSPS) is 15.7. The van der Waals surface area contributed by atoms with Gasteiger partial charge in [-0.2, -0.15) is 8.42 Å². The smallest absolute Gasteiger partial charge is 0.287 e. The van der Waals surface area contributed by atoms with Gasteiger partial charge in [0.1, 0.15) is 10.6 Å². The quantitative estimate of drug-likeness (QED) is 0.745. The van der Waals surface area contributed by atoms with Gasteiger partial charge in [-0.15, -0.1) is 4.40 Å². The van der Waals surface area contributed by atoms with Crippen molar-refractivity contribution in [1.82, 2.24) is 9.97 Å². The summed E-state index contributed by atoms with van der Waals surface area (Å²) in [6, 6.07) is 12.9. The summed E-state index contributed by atoms with van der Waals surface area (Å²) < 4.78 is 28.3. The van der Waals surface area contributed by atoms with Crippen LogP contribution < -0.4 is 5.32 Å². The Morgan fingerprint density at radius 3 is 2.77 bits per heavy atom. The first-order valence-corrected chi connectivity index (χ1v) is 8.00. The molecule has 108 valence electrons. The fraction of sp³-hybridized carbons (Fsp3) is 0. The minimum absolute atomic E-state index is 0.0690. The molecule has 0 spiro atoms. The zero-order chi connectivity index (χ0) is 15.2. The van der Waals surface area contributed by atoms with Gasteiger partial charge in [0.25, 0.3) is 10.0 Å². The number of nitrogens with zero attached hydrogens (tertiary/aromatic N) is 3. The van der Waals surface area contributed by atoms with Gasteiger partial charge >= 0.3 is 0 Å². The third-order valence-corrected chi connectivity index (χ3v) is 4.67. The molecule has 2 aromatic heterocycles. The molecule has 22 heavy (non-hydrogen) atoms. The maximum atomic E-state index is 12.2. The minimum Gasteiger partial charge on any atom is -0.337 e. The molecular weight excluding hydrogens is 300 g/mol. The van der Waals surface area contributed by atoms with Gasteiger partial charge in [0.05, 0.1) is 11.2 Å². The largest absolute Gasteiger partial charge is 0.337 e. The third kappa shape index (κ3) is 2.03. The second kappa shape index (κ2) is 4.60. The van der Waals surface area contributed by atoms with E-state index in [2.05, 4.69) is 19.7 Å². The number of aromatic nitrogens is 2. The number of hydrogen-bond acceptors (Lipinski definition) is 5. The van der Waals surface area contributed by atoms with Crippen LogP contribution in [0.1, 0.15) is 5.69 Å². The molecule has 3 aromatic rings. The van der Waals surface area contributed by atoms with Crippen LogP contribution in [0, 0.1) is 0 Å². The minimum atomic E-state index is -3.77. The van der Waals surface area contributed by atoms with E-state index < -0.39 is 10.0 Å². The molecule has 1 aliphatic rings. The Labute approximate surface area is 126 Å². The molecular formula is C15H10N4O2S. The van der Waals surface area contributed by atoms with Crippen LogP contribution in [-0.2, 0) is 10.0 Å². The lowest BCUT2D eigenvalue weighted by atomic mass is 10.2. The fourth-order valence-corrected chi connectivity index (χ4v) is 3.39. The number of sulfonamides is 1. The second-order valence-electron chi connectivity index (χ2n) is 4.80. The average Bonchev–Trinajstić information content (AvgIpc) is 2.54. The molecule has 4 rings (SSSR count). The average molecular weight is 310 g/mol. The number of fused-ring (bicyclic) bond motifs is 2. The zero-order valence-corrected chi connectivity index (χ0v) is 12.1. The molecule has 0 atom stereocenters. The number of nitrogens with one attached hydrogen (secondary N) is 1. The van der Waals surface area contributed by atoms with Crippen molar-refractivity contribution >= 4 is 32.4 Å². The van der Waals surface area contributed by atoms with E-state index in [0.29, 0.717) is 11.4 Å². The van der Waals surface area contributed by atoms with E-state index in [1.165, 1.54) is 12.4 Å². The predicted octanol–water partition coefficient (Wildman–Crippen LogP) is 2.19. The van der Waals surface area contributed by atoms with Crippen molar-refractivity contribution in [2.24, 2.45) is 4.40 Å². The van der Waals surface area contributed by atoms with Gasteiger partial charge in [-0.25, -0.2) is 4.98 Å². The molecule has 1 N–H and O–H groups in total. The molecule has 0 amide bonds. The number of amidine groups is 1. The predicted molar refractivity (Wildman–Crippen MR) is 83.3 cm³/mol.